The standard InChI is InChI=1S/C25H38N4O4/c1-16(2)23-27-25(33-28-23)29-10-8-20(9-11-29)7-6-12-32-21-13-17(3)22(18(4)14-21)24(31)26-19(5)15-30/h13-14,16,19-20,30H,6-12,15H2,1-5H3,(H,26,31)/t19-/m1/s1. The summed E-state index contributed by atoms with van der Waals surface area (Å²) in [5.41, 5.74) is 2.40. The molecule has 2 N–H and O–H groups in total. The maximum atomic E-state index is 12.5. The molecule has 1 aromatic carbocycles. The first kappa shape index (κ1) is 25.0. The van der Waals surface area contributed by atoms with Crippen molar-refractivity contribution in [3.8, 4) is 5.75 Å². The van der Waals surface area contributed by atoms with Crippen molar-refractivity contribution in [2.75, 3.05) is 31.2 Å². The first-order valence-electron chi connectivity index (χ1n) is 12.0. The molecule has 8 heteroatoms. The fraction of sp³-hybridized carbons (Fsp3) is 0.640. The van der Waals surface area contributed by atoms with Gasteiger partial charge in [-0.1, -0.05) is 19.0 Å². The molecule has 0 radical (unpaired) electrons. The number of nitrogens with one attached hydrogen (secondary N) is 1. The van der Waals surface area contributed by atoms with Crippen molar-refractivity contribution < 1.29 is 19.2 Å². The van der Waals surface area contributed by atoms with Crippen molar-refractivity contribution >= 4 is 11.9 Å². The zero-order valence-electron chi connectivity index (χ0n) is 20.6. The van der Waals surface area contributed by atoms with Gasteiger partial charge in [-0.3, -0.25) is 4.79 Å². The van der Waals surface area contributed by atoms with Crippen LogP contribution in [0.15, 0.2) is 16.7 Å². The fourth-order valence-electron chi connectivity index (χ4n) is 4.27. The lowest BCUT2D eigenvalue weighted by Gasteiger charge is -2.30. The molecule has 0 unspecified atom stereocenters. The average Bonchev–Trinajstić information content (AvgIpc) is 3.27. The Kier molecular flexibility index (Phi) is 8.72. The molecule has 8 nitrogen and oxygen atoms in total. The molecule has 2 heterocycles. The second-order valence-corrected chi connectivity index (χ2v) is 9.50. The molecule has 33 heavy (non-hydrogen) atoms. The summed E-state index contributed by atoms with van der Waals surface area (Å²) in [4.78, 5) is 19.2. The Balaban J connectivity index is 1.41. The van der Waals surface area contributed by atoms with Crippen molar-refractivity contribution in [3.05, 3.63) is 34.6 Å². The Bertz CT molecular complexity index is 896. The van der Waals surface area contributed by atoms with Crippen molar-refractivity contribution in [2.45, 2.75) is 72.3 Å². The largest absolute Gasteiger partial charge is 0.494 e. The third-order valence-corrected chi connectivity index (χ3v) is 6.24. The van der Waals surface area contributed by atoms with E-state index in [0.29, 0.717) is 24.1 Å². The number of rotatable bonds is 10. The van der Waals surface area contributed by atoms with Crippen molar-refractivity contribution in [1.29, 1.82) is 0 Å². The second-order valence-electron chi connectivity index (χ2n) is 9.50. The number of amides is 1. The van der Waals surface area contributed by atoms with Crippen LogP contribution in [-0.2, 0) is 0 Å². The number of hydrogen-bond donors (Lipinski definition) is 2. The smallest absolute Gasteiger partial charge is 0.324 e. The first-order valence-corrected chi connectivity index (χ1v) is 12.0. The molecule has 0 aliphatic carbocycles. The van der Waals surface area contributed by atoms with Crippen molar-refractivity contribution in [2.24, 2.45) is 5.92 Å². The number of aliphatic hydroxyl groups is 1. The Morgan fingerprint density at radius 3 is 2.48 bits per heavy atom. The van der Waals surface area contributed by atoms with Crippen LogP contribution in [0.3, 0.4) is 0 Å². The monoisotopic (exact) mass is 458 g/mol. The Hall–Kier alpha value is -2.61. The number of ether oxygens (including phenoxy) is 1. The van der Waals surface area contributed by atoms with Gasteiger partial charge in [-0.2, -0.15) is 4.98 Å². The highest BCUT2D eigenvalue weighted by Crippen LogP contribution is 2.27. The predicted molar refractivity (Wildman–Crippen MR) is 128 cm³/mol. The third kappa shape index (κ3) is 6.69. The van der Waals surface area contributed by atoms with E-state index in [2.05, 4.69) is 34.2 Å². The predicted octanol–water partition coefficient (Wildman–Crippen LogP) is 4.00. The molecular weight excluding hydrogens is 420 g/mol. The van der Waals surface area contributed by atoms with Crippen LogP contribution in [0, 0.1) is 19.8 Å². The second kappa shape index (κ2) is 11.5. The lowest BCUT2D eigenvalue weighted by molar-refractivity contribution is 0.0921. The van der Waals surface area contributed by atoms with Crippen LogP contribution < -0.4 is 15.0 Å². The van der Waals surface area contributed by atoms with Crippen molar-refractivity contribution in [1.82, 2.24) is 15.5 Å². The van der Waals surface area contributed by atoms with Gasteiger partial charge in [-0.25, -0.2) is 0 Å². The molecule has 0 saturated carbocycles. The number of carbonyl (C=O) groups is 1. The zero-order valence-corrected chi connectivity index (χ0v) is 20.6. The summed E-state index contributed by atoms with van der Waals surface area (Å²) in [6.45, 7) is 12.2. The topological polar surface area (TPSA) is 101 Å². The quantitative estimate of drug-likeness (QED) is 0.519. The van der Waals surface area contributed by atoms with E-state index in [1.807, 2.05) is 26.0 Å². The summed E-state index contributed by atoms with van der Waals surface area (Å²) in [5, 5.41) is 16.0. The Morgan fingerprint density at radius 2 is 1.91 bits per heavy atom. The molecule has 1 aromatic heterocycles. The van der Waals surface area contributed by atoms with Gasteiger partial charge in [0.15, 0.2) is 5.82 Å². The number of piperidine rings is 1. The van der Waals surface area contributed by atoms with Gasteiger partial charge < -0.3 is 24.6 Å². The minimum atomic E-state index is -0.274. The lowest BCUT2D eigenvalue weighted by Crippen LogP contribution is -2.35. The normalized spacial score (nSPS) is 15.7. The van der Waals surface area contributed by atoms with Crippen LogP contribution >= 0.6 is 0 Å². The number of benzene rings is 1. The molecule has 182 valence electrons. The molecule has 1 atom stereocenters. The van der Waals surface area contributed by atoms with E-state index in [1.165, 1.54) is 0 Å². The number of nitrogens with zero attached hydrogens (tertiary/aromatic N) is 3. The van der Waals surface area contributed by atoms with Gasteiger partial charge in [0, 0.05) is 30.6 Å². The summed E-state index contributed by atoms with van der Waals surface area (Å²) in [6.07, 6.45) is 4.37. The summed E-state index contributed by atoms with van der Waals surface area (Å²) in [7, 11) is 0. The van der Waals surface area contributed by atoms with Gasteiger partial charge in [0.05, 0.1) is 13.2 Å². The van der Waals surface area contributed by atoms with Gasteiger partial charge in [-0.15, -0.1) is 0 Å². The average molecular weight is 459 g/mol. The Morgan fingerprint density at radius 1 is 1.24 bits per heavy atom. The summed E-state index contributed by atoms with van der Waals surface area (Å²) in [5.74, 6) is 2.36. The molecule has 1 aliphatic heterocycles. The lowest BCUT2D eigenvalue weighted by atomic mass is 9.92. The summed E-state index contributed by atoms with van der Waals surface area (Å²) >= 11 is 0. The maximum Gasteiger partial charge on any atom is 0.324 e. The SMILES string of the molecule is Cc1cc(OCCCC2CCN(c3nc(C(C)C)no3)CC2)cc(C)c1C(=O)N[C@H](C)CO. The van der Waals surface area contributed by atoms with Crippen LogP contribution in [0.2, 0.25) is 0 Å². The molecule has 0 spiro atoms. The number of anilines is 1. The van der Waals surface area contributed by atoms with Gasteiger partial charge in [0.25, 0.3) is 5.91 Å². The molecule has 0 bridgehead atoms. The molecule has 1 fully saturated rings. The van der Waals surface area contributed by atoms with E-state index >= 15 is 0 Å². The maximum absolute atomic E-state index is 12.5. The van der Waals surface area contributed by atoms with Gasteiger partial charge in [0.1, 0.15) is 5.75 Å². The zero-order chi connectivity index (χ0) is 24.0. The molecule has 2 aromatic rings. The Labute approximate surface area is 196 Å². The third-order valence-electron chi connectivity index (χ3n) is 6.24. The fourth-order valence-corrected chi connectivity index (χ4v) is 4.27. The number of aromatic nitrogens is 2. The minimum Gasteiger partial charge on any atom is -0.494 e. The van der Waals surface area contributed by atoms with E-state index in [4.69, 9.17) is 14.4 Å². The molecule has 1 aliphatic rings. The number of aliphatic hydroxyl groups excluding tert-OH is 1. The van der Waals surface area contributed by atoms with E-state index in [9.17, 15) is 4.79 Å². The van der Waals surface area contributed by atoms with E-state index in [0.717, 1.165) is 61.5 Å². The van der Waals surface area contributed by atoms with E-state index in [1.54, 1.807) is 6.92 Å². The van der Waals surface area contributed by atoms with Gasteiger partial charge >= 0.3 is 6.01 Å². The van der Waals surface area contributed by atoms with E-state index in [-0.39, 0.29) is 24.5 Å². The minimum absolute atomic E-state index is 0.0833. The van der Waals surface area contributed by atoms with Crippen LogP contribution in [0.4, 0.5) is 6.01 Å². The van der Waals surface area contributed by atoms with Crippen LogP contribution in [-0.4, -0.2) is 53.5 Å². The number of aryl methyl sites for hydroxylation is 2. The number of carbonyl (C=O) groups excluding carboxylic acids is 1. The van der Waals surface area contributed by atoms with Crippen LogP contribution in [0.5, 0.6) is 5.75 Å². The van der Waals surface area contributed by atoms with E-state index < -0.39 is 0 Å². The summed E-state index contributed by atoms with van der Waals surface area (Å²) < 4.78 is 11.4. The van der Waals surface area contributed by atoms with Gasteiger partial charge in [0.2, 0.25) is 0 Å². The summed E-state index contributed by atoms with van der Waals surface area (Å²) in [6, 6.07) is 4.21. The first-order chi connectivity index (χ1) is 15.8. The highest BCUT2D eigenvalue weighted by atomic mass is 16.5. The molecule has 3 rings (SSSR count). The highest BCUT2D eigenvalue weighted by molar-refractivity contribution is 5.97. The van der Waals surface area contributed by atoms with Crippen LogP contribution in [0.1, 0.15) is 79.7 Å². The van der Waals surface area contributed by atoms with Crippen LogP contribution in [0.25, 0.3) is 0 Å². The molecule has 1 saturated heterocycles. The highest BCUT2D eigenvalue weighted by Gasteiger charge is 2.23. The molecular formula is C25H38N4O4. The number of hydrogen-bond acceptors (Lipinski definition) is 7. The molecule has 1 amide bonds. The van der Waals surface area contributed by atoms with Gasteiger partial charge in [-0.05, 0) is 75.6 Å². The van der Waals surface area contributed by atoms with Crippen molar-refractivity contribution in [3.63, 3.8) is 0 Å².